The highest BCUT2D eigenvalue weighted by Gasteiger charge is 2.31. The molecule has 0 saturated carbocycles. The quantitative estimate of drug-likeness (QED) is 0.684. The molecule has 0 aromatic heterocycles. The molecule has 0 amide bonds. The summed E-state index contributed by atoms with van der Waals surface area (Å²) >= 11 is 0. The van der Waals surface area contributed by atoms with Crippen LogP contribution in [0.5, 0.6) is 5.75 Å². The Hall–Kier alpha value is -1.15. The molecular weight excluding hydrogens is 328 g/mol. The minimum absolute atomic E-state index is 0.0776. The second kappa shape index (κ2) is 9.36. The van der Waals surface area contributed by atoms with Gasteiger partial charge in [0, 0.05) is 19.7 Å². The van der Waals surface area contributed by atoms with E-state index in [1.807, 2.05) is 6.92 Å². The summed E-state index contributed by atoms with van der Waals surface area (Å²) in [5.41, 5.74) is 0. The fourth-order valence-corrected chi connectivity index (χ4v) is 4.68. The van der Waals surface area contributed by atoms with Crippen molar-refractivity contribution in [2.24, 2.45) is 0 Å². The van der Waals surface area contributed by atoms with E-state index in [4.69, 9.17) is 9.47 Å². The van der Waals surface area contributed by atoms with Gasteiger partial charge < -0.3 is 14.8 Å². The molecule has 2 rings (SSSR count). The van der Waals surface area contributed by atoms with E-state index < -0.39 is 10.0 Å². The van der Waals surface area contributed by atoms with Crippen LogP contribution in [0.3, 0.4) is 0 Å². The van der Waals surface area contributed by atoms with E-state index in [9.17, 15) is 8.42 Å². The van der Waals surface area contributed by atoms with E-state index in [1.165, 1.54) is 0 Å². The number of piperidine rings is 1. The first-order valence-electron chi connectivity index (χ1n) is 8.54. The van der Waals surface area contributed by atoms with Crippen molar-refractivity contribution in [2.45, 2.75) is 37.1 Å². The highest BCUT2D eigenvalue weighted by atomic mass is 32.2. The molecule has 24 heavy (non-hydrogen) atoms. The van der Waals surface area contributed by atoms with Gasteiger partial charge in [-0.25, -0.2) is 8.42 Å². The molecule has 1 heterocycles. The van der Waals surface area contributed by atoms with Crippen LogP contribution in [0.15, 0.2) is 29.2 Å². The van der Waals surface area contributed by atoms with Crippen LogP contribution in [-0.2, 0) is 14.8 Å². The first-order valence-corrected chi connectivity index (χ1v) is 9.98. The molecule has 0 unspecified atom stereocenters. The van der Waals surface area contributed by atoms with Crippen molar-refractivity contribution in [3.05, 3.63) is 24.3 Å². The van der Waals surface area contributed by atoms with Crippen LogP contribution < -0.4 is 10.1 Å². The lowest BCUT2D eigenvalue weighted by atomic mass is 10.1. The minimum Gasteiger partial charge on any atom is -0.491 e. The standard InChI is InChI=1S/C17H28N2O4S/c1-3-12-19(15-8-10-18-11-9-15)24(20,21)17-6-4-16(5-7-17)23-14-13-22-2/h4-7,15,18H,3,8-14H2,1-2H3. The summed E-state index contributed by atoms with van der Waals surface area (Å²) < 4.78 is 38.2. The molecule has 1 N–H and O–H groups in total. The normalized spacial score (nSPS) is 16.5. The van der Waals surface area contributed by atoms with Crippen LogP contribution >= 0.6 is 0 Å². The number of nitrogens with one attached hydrogen (secondary N) is 1. The van der Waals surface area contributed by atoms with Gasteiger partial charge in [0.2, 0.25) is 10.0 Å². The van der Waals surface area contributed by atoms with Gasteiger partial charge in [0.1, 0.15) is 12.4 Å². The maximum Gasteiger partial charge on any atom is 0.243 e. The summed E-state index contributed by atoms with van der Waals surface area (Å²) in [6, 6.07) is 6.74. The minimum atomic E-state index is -3.48. The van der Waals surface area contributed by atoms with Crippen molar-refractivity contribution in [3.63, 3.8) is 0 Å². The second-order valence-electron chi connectivity index (χ2n) is 5.91. The Bertz CT molecular complexity index is 583. The average molecular weight is 356 g/mol. The van der Waals surface area contributed by atoms with E-state index in [0.29, 0.717) is 30.4 Å². The zero-order valence-electron chi connectivity index (χ0n) is 14.5. The van der Waals surface area contributed by atoms with Crippen molar-refractivity contribution in [1.29, 1.82) is 0 Å². The molecule has 0 aliphatic carbocycles. The number of hydrogen-bond acceptors (Lipinski definition) is 5. The summed E-state index contributed by atoms with van der Waals surface area (Å²) in [6.45, 7) is 5.24. The Kier molecular flexibility index (Phi) is 7.48. The molecule has 1 aliphatic rings. The first-order chi connectivity index (χ1) is 11.6. The van der Waals surface area contributed by atoms with E-state index >= 15 is 0 Å². The Labute approximate surface area is 145 Å². The molecule has 0 radical (unpaired) electrons. The summed E-state index contributed by atoms with van der Waals surface area (Å²) in [6.07, 6.45) is 2.52. The van der Waals surface area contributed by atoms with Gasteiger partial charge >= 0.3 is 0 Å². The predicted molar refractivity (Wildman–Crippen MR) is 93.9 cm³/mol. The zero-order valence-corrected chi connectivity index (χ0v) is 15.3. The number of methoxy groups -OCH3 is 1. The van der Waals surface area contributed by atoms with E-state index in [1.54, 1.807) is 35.7 Å². The average Bonchev–Trinajstić information content (AvgIpc) is 2.61. The second-order valence-corrected chi connectivity index (χ2v) is 7.80. The fraction of sp³-hybridized carbons (Fsp3) is 0.647. The molecule has 1 aromatic carbocycles. The lowest BCUT2D eigenvalue weighted by molar-refractivity contribution is 0.146. The molecule has 7 heteroatoms. The summed E-state index contributed by atoms with van der Waals surface area (Å²) in [5, 5.41) is 3.29. The Morgan fingerprint density at radius 3 is 2.42 bits per heavy atom. The first kappa shape index (κ1) is 19.2. The van der Waals surface area contributed by atoms with Crippen LogP contribution in [0.2, 0.25) is 0 Å². The molecule has 0 bridgehead atoms. The monoisotopic (exact) mass is 356 g/mol. The van der Waals surface area contributed by atoms with E-state index in [2.05, 4.69) is 5.32 Å². The van der Waals surface area contributed by atoms with Gasteiger partial charge in [-0.05, 0) is 56.6 Å². The van der Waals surface area contributed by atoms with Gasteiger partial charge in [-0.15, -0.1) is 0 Å². The Morgan fingerprint density at radius 2 is 1.83 bits per heavy atom. The van der Waals surface area contributed by atoms with Crippen molar-refractivity contribution in [1.82, 2.24) is 9.62 Å². The van der Waals surface area contributed by atoms with Crippen LogP contribution in [0.25, 0.3) is 0 Å². The molecule has 1 saturated heterocycles. The van der Waals surface area contributed by atoms with Gasteiger partial charge in [-0.1, -0.05) is 6.92 Å². The smallest absolute Gasteiger partial charge is 0.243 e. The number of benzene rings is 1. The van der Waals surface area contributed by atoms with Gasteiger partial charge in [0.15, 0.2) is 0 Å². The topological polar surface area (TPSA) is 67.9 Å². The SMILES string of the molecule is CCCN(C1CCNCC1)S(=O)(=O)c1ccc(OCCOC)cc1. The third-order valence-electron chi connectivity index (χ3n) is 4.15. The van der Waals surface area contributed by atoms with Crippen molar-refractivity contribution < 1.29 is 17.9 Å². The maximum absolute atomic E-state index is 13.0. The van der Waals surface area contributed by atoms with Crippen molar-refractivity contribution >= 4 is 10.0 Å². The highest BCUT2D eigenvalue weighted by Crippen LogP contribution is 2.24. The number of ether oxygens (including phenoxy) is 2. The fourth-order valence-electron chi connectivity index (χ4n) is 2.90. The zero-order chi connectivity index (χ0) is 17.4. The lowest BCUT2D eigenvalue weighted by Crippen LogP contribution is -2.46. The lowest BCUT2D eigenvalue weighted by Gasteiger charge is -2.33. The third kappa shape index (κ3) is 4.92. The predicted octanol–water partition coefficient (Wildman–Crippen LogP) is 1.86. The van der Waals surface area contributed by atoms with Gasteiger partial charge in [0.05, 0.1) is 11.5 Å². The van der Waals surface area contributed by atoms with Gasteiger partial charge in [-0.3, -0.25) is 0 Å². The number of rotatable bonds is 9. The van der Waals surface area contributed by atoms with Crippen LogP contribution in [-0.4, -0.2) is 58.7 Å². The molecule has 1 aliphatic heterocycles. The summed E-state index contributed by atoms with van der Waals surface area (Å²) in [5.74, 6) is 0.648. The molecule has 1 fully saturated rings. The largest absolute Gasteiger partial charge is 0.491 e. The molecule has 1 aromatic rings. The maximum atomic E-state index is 13.0. The van der Waals surface area contributed by atoms with Crippen LogP contribution in [0.1, 0.15) is 26.2 Å². The van der Waals surface area contributed by atoms with Crippen LogP contribution in [0.4, 0.5) is 0 Å². The number of hydrogen-bond donors (Lipinski definition) is 1. The Morgan fingerprint density at radius 1 is 1.17 bits per heavy atom. The van der Waals surface area contributed by atoms with Gasteiger partial charge in [-0.2, -0.15) is 4.31 Å². The third-order valence-corrected chi connectivity index (χ3v) is 6.11. The van der Waals surface area contributed by atoms with Gasteiger partial charge in [0.25, 0.3) is 0 Å². The number of nitrogens with zero attached hydrogens (tertiary/aromatic N) is 1. The summed E-state index contributed by atoms with van der Waals surface area (Å²) in [7, 11) is -1.87. The molecule has 6 nitrogen and oxygen atoms in total. The van der Waals surface area contributed by atoms with Crippen LogP contribution in [0, 0.1) is 0 Å². The van der Waals surface area contributed by atoms with E-state index in [0.717, 1.165) is 32.4 Å². The molecule has 0 spiro atoms. The summed E-state index contributed by atoms with van der Waals surface area (Å²) in [4.78, 5) is 0.327. The molecular formula is C17H28N2O4S. The van der Waals surface area contributed by atoms with Crippen molar-refractivity contribution in [2.75, 3.05) is 40.0 Å². The highest BCUT2D eigenvalue weighted by molar-refractivity contribution is 7.89. The van der Waals surface area contributed by atoms with Crippen molar-refractivity contribution in [3.8, 4) is 5.75 Å². The van der Waals surface area contributed by atoms with E-state index in [-0.39, 0.29) is 6.04 Å². The number of sulfonamides is 1. The Balaban J connectivity index is 2.13. The molecule has 0 atom stereocenters. The molecule has 136 valence electrons.